The number of benzene rings is 2. The molecular weight excluding hydrogens is 304 g/mol. The second-order valence-corrected chi connectivity index (χ2v) is 9.26. The first-order valence-corrected chi connectivity index (χ1v) is 10.0. The third kappa shape index (κ3) is 1.39. The average Bonchev–Trinajstić information content (AvgIpc) is 3.42. The Morgan fingerprint density at radius 2 is 1.72 bits per heavy atom. The van der Waals surface area contributed by atoms with Crippen LogP contribution in [0, 0.1) is 41.4 Å². The maximum absolute atomic E-state index is 11.8. The summed E-state index contributed by atoms with van der Waals surface area (Å²) in [6, 6.07) is 10.9. The van der Waals surface area contributed by atoms with Crippen molar-refractivity contribution in [3.63, 3.8) is 0 Å². The highest BCUT2D eigenvalue weighted by atomic mass is 16.1. The Labute approximate surface area is 148 Å². The number of hydrogen-bond donors (Lipinski definition) is 0. The number of fused-ring (bicyclic) bond motifs is 16. The maximum Gasteiger partial charge on any atom is 0.150 e. The van der Waals surface area contributed by atoms with Crippen molar-refractivity contribution in [1.82, 2.24) is 0 Å². The van der Waals surface area contributed by atoms with Gasteiger partial charge in [0.1, 0.15) is 6.29 Å². The summed E-state index contributed by atoms with van der Waals surface area (Å²) in [5.74, 6) is 6.93. The number of rotatable bonds is 1. The van der Waals surface area contributed by atoms with Crippen LogP contribution in [0.5, 0.6) is 0 Å². The molecule has 1 heteroatoms. The van der Waals surface area contributed by atoms with Crippen molar-refractivity contribution >= 4 is 17.1 Å². The normalized spacial score (nSPS) is 44.3. The van der Waals surface area contributed by atoms with Crippen LogP contribution < -0.4 is 0 Å². The van der Waals surface area contributed by atoms with Crippen LogP contribution in [0.3, 0.4) is 0 Å². The molecule has 1 nitrogen and oxygen atoms in total. The minimum Gasteiger partial charge on any atom is -0.298 e. The van der Waals surface area contributed by atoms with Crippen LogP contribution in [-0.4, -0.2) is 6.29 Å². The van der Waals surface area contributed by atoms with Crippen molar-refractivity contribution in [3.05, 3.63) is 59.2 Å². The molecule has 2 aromatic rings. The fraction of sp³-hybridized carbons (Fsp3) is 0.458. The Morgan fingerprint density at radius 3 is 2.56 bits per heavy atom. The van der Waals surface area contributed by atoms with Gasteiger partial charge in [-0.25, -0.2) is 0 Å². The van der Waals surface area contributed by atoms with Gasteiger partial charge in [0.25, 0.3) is 0 Å². The first kappa shape index (κ1) is 13.3. The largest absolute Gasteiger partial charge is 0.298 e. The molecule has 8 unspecified atom stereocenters. The SMILES string of the molecule is O=Cc1cc2ccccc2c2c1CC1C3CC(C21)C1C2C=CC(C2)C31. The molecular formula is C24H22O. The van der Waals surface area contributed by atoms with E-state index in [4.69, 9.17) is 0 Å². The van der Waals surface area contributed by atoms with E-state index in [1.807, 2.05) is 0 Å². The quantitative estimate of drug-likeness (QED) is 0.410. The summed E-state index contributed by atoms with van der Waals surface area (Å²) in [6.45, 7) is 0. The first-order valence-electron chi connectivity index (χ1n) is 10.0. The second-order valence-electron chi connectivity index (χ2n) is 9.26. The molecule has 0 amide bonds. The monoisotopic (exact) mass is 326 g/mol. The molecule has 5 aliphatic carbocycles. The summed E-state index contributed by atoms with van der Waals surface area (Å²) in [7, 11) is 0. The van der Waals surface area contributed by atoms with Crippen LogP contribution in [-0.2, 0) is 6.42 Å². The molecule has 3 fully saturated rings. The van der Waals surface area contributed by atoms with E-state index in [-0.39, 0.29) is 0 Å². The van der Waals surface area contributed by atoms with Gasteiger partial charge in [-0.1, -0.05) is 36.4 Å². The van der Waals surface area contributed by atoms with Gasteiger partial charge in [-0.2, -0.15) is 0 Å². The third-order valence-electron chi connectivity index (χ3n) is 8.72. The van der Waals surface area contributed by atoms with Gasteiger partial charge in [-0.05, 0) is 94.6 Å². The Kier molecular flexibility index (Phi) is 2.27. The number of allylic oxidation sites excluding steroid dienone is 2. The van der Waals surface area contributed by atoms with Gasteiger partial charge < -0.3 is 0 Å². The van der Waals surface area contributed by atoms with Gasteiger partial charge in [-0.15, -0.1) is 0 Å². The first-order chi connectivity index (χ1) is 12.3. The molecule has 3 saturated carbocycles. The van der Waals surface area contributed by atoms with Crippen LogP contribution in [0.25, 0.3) is 10.8 Å². The molecule has 0 spiro atoms. The van der Waals surface area contributed by atoms with Crippen molar-refractivity contribution < 1.29 is 4.79 Å². The fourth-order valence-electron chi connectivity index (χ4n) is 8.26. The molecule has 0 aromatic heterocycles. The molecule has 124 valence electrons. The van der Waals surface area contributed by atoms with Crippen molar-refractivity contribution in [1.29, 1.82) is 0 Å². The van der Waals surface area contributed by atoms with Crippen molar-refractivity contribution in [2.45, 2.75) is 25.2 Å². The van der Waals surface area contributed by atoms with Crippen LogP contribution >= 0.6 is 0 Å². The molecule has 0 saturated heterocycles. The standard InChI is InChI=1S/C24H22O/c25-11-15-7-12-3-1-2-4-16(12)23-17(15)9-19-18-10-20(24(19)23)22-14-6-5-13(8-14)21(18)22/h1-7,11,13-14,18-22,24H,8-10H2. The lowest BCUT2D eigenvalue weighted by molar-refractivity contribution is 0.112. The molecule has 2 aromatic carbocycles. The number of aldehydes is 1. The van der Waals surface area contributed by atoms with Gasteiger partial charge in [-0.3, -0.25) is 4.79 Å². The van der Waals surface area contributed by atoms with Crippen LogP contribution in [0.15, 0.2) is 42.5 Å². The highest BCUT2D eigenvalue weighted by molar-refractivity contribution is 5.94. The summed E-state index contributed by atoms with van der Waals surface area (Å²) in [6.07, 6.45) is 10.2. The van der Waals surface area contributed by atoms with Crippen LogP contribution in [0.2, 0.25) is 0 Å². The topological polar surface area (TPSA) is 17.1 Å². The lowest BCUT2D eigenvalue weighted by Crippen LogP contribution is -2.34. The second kappa shape index (κ2) is 4.26. The van der Waals surface area contributed by atoms with Crippen molar-refractivity contribution in [2.75, 3.05) is 0 Å². The van der Waals surface area contributed by atoms with E-state index in [1.165, 1.54) is 29.2 Å². The van der Waals surface area contributed by atoms with Crippen molar-refractivity contribution in [3.8, 4) is 0 Å². The van der Waals surface area contributed by atoms with E-state index >= 15 is 0 Å². The molecule has 4 bridgehead atoms. The molecule has 0 heterocycles. The molecule has 0 radical (unpaired) electrons. The Balaban J connectivity index is 1.46. The van der Waals surface area contributed by atoms with Crippen LogP contribution in [0.4, 0.5) is 0 Å². The zero-order chi connectivity index (χ0) is 16.3. The highest BCUT2D eigenvalue weighted by Gasteiger charge is 2.66. The molecule has 7 rings (SSSR count). The highest BCUT2D eigenvalue weighted by Crippen LogP contribution is 2.73. The van der Waals surface area contributed by atoms with E-state index in [2.05, 4.69) is 42.5 Å². The number of carbonyl (C=O) groups excluding carboxylic acids is 1. The summed E-state index contributed by atoms with van der Waals surface area (Å²) >= 11 is 0. The predicted molar refractivity (Wildman–Crippen MR) is 98.6 cm³/mol. The zero-order valence-corrected chi connectivity index (χ0v) is 14.3. The van der Waals surface area contributed by atoms with E-state index in [0.29, 0.717) is 0 Å². The van der Waals surface area contributed by atoms with Gasteiger partial charge in [0.05, 0.1) is 0 Å². The number of hydrogen-bond acceptors (Lipinski definition) is 1. The smallest absolute Gasteiger partial charge is 0.150 e. The molecule has 0 aliphatic heterocycles. The van der Waals surface area contributed by atoms with E-state index in [0.717, 1.165) is 65.6 Å². The minimum absolute atomic E-state index is 0.721. The van der Waals surface area contributed by atoms with E-state index < -0.39 is 0 Å². The average molecular weight is 326 g/mol. The van der Waals surface area contributed by atoms with Gasteiger partial charge in [0.2, 0.25) is 0 Å². The lowest BCUT2D eigenvalue weighted by atomic mass is 9.65. The zero-order valence-electron chi connectivity index (χ0n) is 14.3. The molecule has 5 aliphatic rings. The van der Waals surface area contributed by atoms with E-state index in [9.17, 15) is 4.79 Å². The Hall–Kier alpha value is -1.89. The summed E-state index contributed by atoms with van der Waals surface area (Å²) in [4.78, 5) is 11.8. The predicted octanol–water partition coefficient (Wildman–Crippen LogP) is 5.00. The fourth-order valence-corrected chi connectivity index (χ4v) is 8.26. The maximum atomic E-state index is 11.8. The van der Waals surface area contributed by atoms with Gasteiger partial charge >= 0.3 is 0 Å². The molecule has 25 heavy (non-hydrogen) atoms. The number of carbonyl (C=O) groups is 1. The molecule has 8 atom stereocenters. The Bertz CT molecular complexity index is 969. The lowest BCUT2D eigenvalue weighted by Gasteiger charge is -2.39. The third-order valence-corrected chi connectivity index (χ3v) is 8.72. The van der Waals surface area contributed by atoms with Gasteiger partial charge in [0, 0.05) is 5.56 Å². The summed E-state index contributed by atoms with van der Waals surface area (Å²) in [5, 5.41) is 2.69. The van der Waals surface area contributed by atoms with Gasteiger partial charge in [0.15, 0.2) is 0 Å². The van der Waals surface area contributed by atoms with Crippen LogP contribution in [0.1, 0.15) is 40.2 Å². The summed E-state index contributed by atoms with van der Waals surface area (Å²) in [5.41, 5.74) is 3.94. The Morgan fingerprint density at radius 1 is 0.920 bits per heavy atom. The molecule has 0 N–H and O–H groups in total. The van der Waals surface area contributed by atoms with Crippen molar-refractivity contribution in [2.24, 2.45) is 41.4 Å². The summed E-state index contributed by atoms with van der Waals surface area (Å²) < 4.78 is 0. The minimum atomic E-state index is 0.721. The van der Waals surface area contributed by atoms with E-state index in [1.54, 1.807) is 5.56 Å².